The summed E-state index contributed by atoms with van der Waals surface area (Å²) in [6.07, 6.45) is 5.59. The van der Waals surface area contributed by atoms with Crippen LogP contribution >= 0.6 is 23.1 Å². The van der Waals surface area contributed by atoms with Crippen LogP contribution in [-0.4, -0.2) is 27.8 Å². The van der Waals surface area contributed by atoms with Crippen LogP contribution in [0.25, 0.3) is 10.2 Å². The van der Waals surface area contributed by atoms with E-state index in [4.69, 9.17) is 4.98 Å². The maximum absolute atomic E-state index is 13.1. The van der Waals surface area contributed by atoms with Crippen LogP contribution in [0.4, 0.5) is 0 Å². The third-order valence-corrected chi connectivity index (χ3v) is 7.17. The smallest absolute Gasteiger partial charge is 0.263 e. The standard InChI is InChI=1S/C22H23N3O2S2/c1-2-13-25-21(27)19-16-9-6-10-17(16)29-20(19)24-22(25)28-14-18(26)23-12-11-15-7-4-3-5-8-15/h2-5,7-8H,1,6,9-14H2,(H,23,26). The van der Waals surface area contributed by atoms with Gasteiger partial charge in [0.15, 0.2) is 5.16 Å². The lowest BCUT2D eigenvalue weighted by molar-refractivity contribution is -0.118. The molecule has 0 atom stereocenters. The molecule has 1 N–H and O–H groups in total. The molecule has 2 aromatic heterocycles. The van der Waals surface area contributed by atoms with Crippen molar-refractivity contribution in [2.24, 2.45) is 0 Å². The molecule has 29 heavy (non-hydrogen) atoms. The van der Waals surface area contributed by atoms with E-state index in [1.165, 1.54) is 27.8 Å². The van der Waals surface area contributed by atoms with Gasteiger partial charge in [-0.25, -0.2) is 4.98 Å². The Labute approximate surface area is 177 Å². The topological polar surface area (TPSA) is 64.0 Å². The Balaban J connectivity index is 1.45. The summed E-state index contributed by atoms with van der Waals surface area (Å²) in [6, 6.07) is 10.1. The number of carbonyl (C=O) groups is 1. The van der Waals surface area contributed by atoms with Crippen molar-refractivity contribution < 1.29 is 4.79 Å². The average Bonchev–Trinajstić information content (AvgIpc) is 3.30. The van der Waals surface area contributed by atoms with E-state index in [-0.39, 0.29) is 17.2 Å². The average molecular weight is 426 g/mol. The SMILES string of the molecule is C=CCn1c(SCC(=O)NCCc2ccccc2)nc2sc3c(c2c1=O)CCC3. The van der Waals surface area contributed by atoms with Crippen molar-refractivity contribution in [2.75, 3.05) is 12.3 Å². The molecule has 0 aliphatic heterocycles. The van der Waals surface area contributed by atoms with Gasteiger partial charge in [0.1, 0.15) is 4.83 Å². The summed E-state index contributed by atoms with van der Waals surface area (Å²) in [5.74, 6) is 0.175. The lowest BCUT2D eigenvalue weighted by atomic mass is 10.1. The largest absolute Gasteiger partial charge is 0.355 e. The van der Waals surface area contributed by atoms with Crippen molar-refractivity contribution in [3.63, 3.8) is 0 Å². The Morgan fingerprint density at radius 3 is 2.93 bits per heavy atom. The monoisotopic (exact) mass is 425 g/mol. The molecule has 7 heteroatoms. The molecule has 0 radical (unpaired) electrons. The van der Waals surface area contributed by atoms with Crippen LogP contribution < -0.4 is 10.9 Å². The Kier molecular flexibility index (Phi) is 6.16. The minimum atomic E-state index is -0.0564. The summed E-state index contributed by atoms with van der Waals surface area (Å²) in [5.41, 5.74) is 2.36. The van der Waals surface area contributed by atoms with Crippen LogP contribution in [0.5, 0.6) is 0 Å². The molecule has 0 saturated heterocycles. The van der Waals surface area contributed by atoms with Crippen LogP contribution in [0.3, 0.4) is 0 Å². The van der Waals surface area contributed by atoms with Gasteiger partial charge in [-0.3, -0.25) is 14.2 Å². The Hall–Kier alpha value is -2.38. The van der Waals surface area contributed by atoms with Gasteiger partial charge in [0.25, 0.3) is 5.56 Å². The van der Waals surface area contributed by atoms with Crippen LogP contribution in [0, 0.1) is 0 Å². The number of thiophene rings is 1. The fourth-order valence-electron chi connectivity index (χ4n) is 3.63. The molecule has 1 aliphatic carbocycles. The number of aryl methyl sites for hydroxylation is 2. The molecule has 0 saturated carbocycles. The second-order valence-electron chi connectivity index (χ2n) is 7.01. The number of rotatable bonds is 8. The molecule has 3 aromatic rings. The molecule has 0 bridgehead atoms. The van der Waals surface area contributed by atoms with Crippen LogP contribution in [0.1, 0.15) is 22.4 Å². The van der Waals surface area contributed by atoms with Gasteiger partial charge in [-0.2, -0.15) is 0 Å². The van der Waals surface area contributed by atoms with Gasteiger partial charge in [-0.1, -0.05) is 48.2 Å². The van der Waals surface area contributed by atoms with E-state index in [9.17, 15) is 9.59 Å². The molecule has 1 amide bonds. The molecule has 0 fully saturated rings. The zero-order valence-corrected chi connectivity index (χ0v) is 17.8. The zero-order chi connectivity index (χ0) is 20.2. The molecular weight excluding hydrogens is 402 g/mol. The first-order chi connectivity index (χ1) is 14.2. The number of aromatic nitrogens is 2. The second kappa shape index (κ2) is 8.97. The highest BCUT2D eigenvalue weighted by atomic mass is 32.2. The number of benzene rings is 1. The van der Waals surface area contributed by atoms with E-state index in [0.717, 1.165) is 35.9 Å². The van der Waals surface area contributed by atoms with Gasteiger partial charge in [-0.05, 0) is 36.8 Å². The van der Waals surface area contributed by atoms with E-state index in [2.05, 4.69) is 11.9 Å². The predicted octanol–water partition coefficient (Wildman–Crippen LogP) is 3.58. The Morgan fingerprint density at radius 2 is 2.14 bits per heavy atom. The predicted molar refractivity (Wildman–Crippen MR) is 120 cm³/mol. The van der Waals surface area contributed by atoms with Gasteiger partial charge < -0.3 is 5.32 Å². The van der Waals surface area contributed by atoms with E-state index in [1.807, 2.05) is 30.3 Å². The van der Waals surface area contributed by atoms with Crippen molar-refractivity contribution in [1.29, 1.82) is 0 Å². The van der Waals surface area contributed by atoms with Crippen molar-refractivity contribution in [3.05, 3.63) is 69.3 Å². The Bertz CT molecular complexity index is 1100. The van der Waals surface area contributed by atoms with E-state index in [1.54, 1.807) is 22.0 Å². The summed E-state index contributed by atoms with van der Waals surface area (Å²) in [4.78, 5) is 32.2. The van der Waals surface area contributed by atoms with Gasteiger partial charge in [0.2, 0.25) is 5.91 Å². The molecule has 5 nitrogen and oxygen atoms in total. The number of nitrogens with one attached hydrogen (secondary N) is 1. The van der Waals surface area contributed by atoms with Crippen LogP contribution in [-0.2, 0) is 30.6 Å². The molecule has 0 unspecified atom stereocenters. The maximum Gasteiger partial charge on any atom is 0.263 e. The quantitative estimate of drug-likeness (QED) is 0.340. The summed E-state index contributed by atoms with van der Waals surface area (Å²) in [5, 5.41) is 4.29. The normalized spacial score (nSPS) is 12.8. The van der Waals surface area contributed by atoms with Crippen LogP contribution in [0.2, 0.25) is 0 Å². The highest BCUT2D eigenvalue weighted by Gasteiger charge is 2.23. The van der Waals surface area contributed by atoms with Gasteiger partial charge in [0, 0.05) is 18.0 Å². The summed E-state index contributed by atoms with van der Waals surface area (Å²) >= 11 is 2.93. The molecule has 150 valence electrons. The van der Waals surface area contributed by atoms with E-state index < -0.39 is 0 Å². The number of allylic oxidation sites excluding steroid dienone is 1. The third kappa shape index (κ3) is 4.31. The van der Waals surface area contributed by atoms with Crippen molar-refractivity contribution in [2.45, 2.75) is 37.4 Å². The van der Waals surface area contributed by atoms with Gasteiger partial charge >= 0.3 is 0 Å². The summed E-state index contributed by atoms with van der Waals surface area (Å²) in [7, 11) is 0. The minimum absolute atomic E-state index is 0.0127. The highest BCUT2D eigenvalue weighted by molar-refractivity contribution is 7.99. The number of hydrogen-bond donors (Lipinski definition) is 1. The molecule has 4 rings (SSSR count). The fourth-order valence-corrected chi connectivity index (χ4v) is 5.77. The second-order valence-corrected chi connectivity index (χ2v) is 9.04. The lowest BCUT2D eigenvalue weighted by Gasteiger charge is -2.11. The van der Waals surface area contributed by atoms with E-state index >= 15 is 0 Å². The van der Waals surface area contributed by atoms with Crippen molar-refractivity contribution in [3.8, 4) is 0 Å². The first-order valence-corrected chi connectivity index (χ1v) is 11.6. The number of amides is 1. The number of nitrogens with zero attached hydrogens (tertiary/aromatic N) is 2. The summed E-state index contributed by atoms with van der Waals surface area (Å²) < 4.78 is 1.64. The lowest BCUT2D eigenvalue weighted by Crippen LogP contribution is -2.28. The summed E-state index contributed by atoms with van der Waals surface area (Å²) in [6.45, 7) is 4.75. The fraction of sp³-hybridized carbons (Fsp3) is 0.318. The maximum atomic E-state index is 13.1. The van der Waals surface area contributed by atoms with Gasteiger partial charge in [0.05, 0.1) is 11.1 Å². The number of hydrogen-bond acceptors (Lipinski definition) is 5. The number of thioether (sulfide) groups is 1. The van der Waals surface area contributed by atoms with Crippen LogP contribution in [0.15, 0.2) is 52.9 Å². The van der Waals surface area contributed by atoms with Crippen molar-refractivity contribution in [1.82, 2.24) is 14.9 Å². The van der Waals surface area contributed by atoms with Gasteiger partial charge in [-0.15, -0.1) is 17.9 Å². The first-order valence-electron chi connectivity index (χ1n) is 9.76. The van der Waals surface area contributed by atoms with E-state index in [0.29, 0.717) is 18.2 Å². The first kappa shape index (κ1) is 19.9. The molecule has 1 aromatic carbocycles. The Morgan fingerprint density at radius 1 is 1.31 bits per heavy atom. The molecule has 1 aliphatic rings. The number of carbonyl (C=O) groups excluding carboxylic acids is 1. The third-order valence-electron chi connectivity index (χ3n) is 5.01. The molecular formula is C22H23N3O2S2. The molecule has 2 heterocycles. The highest BCUT2D eigenvalue weighted by Crippen LogP contribution is 2.35. The van der Waals surface area contributed by atoms with Crippen molar-refractivity contribution >= 4 is 39.2 Å². The number of fused-ring (bicyclic) bond motifs is 3. The molecule has 0 spiro atoms. The minimum Gasteiger partial charge on any atom is -0.355 e. The zero-order valence-electron chi connectivity index (χ0n) is 16.1.